The second kappa shape index (κ2) is 9.75. The van der Waals surface area contributed by atoms with Gasteiger partial charge >= 0.3 is 0 Å². The highest BCUT2D eigenvalue weighted by molar-refractivity contribution is 5.91. The van der Waals surface area contributed by atoms with E-state index >= 15 is 0 Å². The number of nitrogens with zero attached hydrogens (tertiary/aromatic N) is 8. The monoisotopic (exact) mass is 493 g/mol. The fraction of sp³-hybridized carbons (Fsp3) is 0.333. The maximum atomic E-state index is 12.5. The van der Waals surface area contributed by atoms with Crippen molar-refractivity contribution in [3.8, 4) is 17.9 Å². The van der Waals surface area contributed by atoms with Crippen molar-refractivity contribution >= 4 is 33.8 Å². The number of nitrogens with two attached hydrogens (primary N) is 1. The van der Waals surface area contributed by atoms with Gasteiger partial charge in [-0.3, -0.25) is 4.79 Å². The van der Waals surface area contributed by atoms with Crippen molar-refractivity contribution in [1.29, 1.82) is 5.26 Å². The van der Waals surface area contributed by atoms with Gasteiger partial charge in [0, 0.05) is 31.1 Å². The Morgan fingerprint density at radius 2 is 2.16 bits per heavy atom. The van der Waals surface area contributed by atoms with Crippen LogP contribution in [0.15, 0.2) is 37.2 Å². The first kappa shape index (κ1) is 24.0. The Morgan fingerprint density at radius 1 is 1.32 bits per heavy atom. The number of likely N-dealkylation sites (tertiary alicyclic amines) is 1. The molecule has 5 rings (SSSR count). The van der Waals surface area contributed by atoms with Crippen LogP contribution in [0.5, 0.6) is 0 Å². The summed E-state index contributed by atoms with van der Waals surface area (Å²) in [5.41, 5.74) is 10.1. The summed E-state index contributed by atoms with van der Waals surface area (Å²) in [6, 6.07) is 7.92. The molecule has 1 amide bonds. The van der Waals surface area contributed by atoms with E-state index in [0.29, 0.717) is 48.4 Å². The first-order valence-corrected chi connectivity index (χ1v) is 12.2. The molecule has 37 heavy (non-hydrogen) atoms. The van der Waals surface area contributed by atoms with Crippen LogP contribution in [0.2, 0.25) is 0 Å². The summed E-state index contributed by atoms with van der Waals surface area (Å²) in [4.78, 5) is 27.5. The van der Waals surface area contributed by atoms with Crippen LogP contribution in [-0.2, 0) is 11.3 Å². The number of amides is 1. The summed E-state index contributed by atoms with van der Waals surface area (Å²) in [6.45, 7) is 9.00. The number of aryl methyl sites for hydroxylation is 2. The molecule has 186 valence electrons. The van der Waals surface area contributed by atoms with Crippen molar-refractivity contribution in [3.05, 3.63) is 54.3 Å². The third-order valence-corrected chi connectivity index (χ3v) is 6.88. The number of nitriles is 1. The quantitative estimate of drug-likeness (QED) is 0.334. The molecule has 10 heteroatoms. The van der Waals surface area contributed by atoms with Gasteiger partial charge in [-0.05, 0) is 56.9 Å². The van der Waals surface area contributed by atoms with Crippen LogP contribution >= 0.6 is 0 Å². The lowest BCUT2D eigenvalue weighted by atomic mass is 10.1. The zero-order valence-electron chi connectivity index (χ0n) is 20.8. The summed E-state index contributed by atoms with van der Waals surface area (Å²) >= 11 is 0. The smallest absolute Gasteiger partial charge is 0.246 e. The van der Waals surface area contributed by atoms with Crippen molar-refractivity contribution < 1.29 is 4.79 Å². The number of benzene rings is 1. The van der Waals surface area contributed by atoms with Crippen molar-refractivity contribution in [2.45, 2.75) is 51.7 Å². The molecule has 10 nitrogen and oxygen atoms in total. The summed E-state index contributed by atoms with van der Waals surface area (Å²) in [5.74, 6) is 7.46. The fourth-order valence-corrected chi connectivity index (χ4v) is 5.16. The predicted octanol–water partition coefficient (Wildman–Crippen LogP) is 3.12. The topological polar surface area (TPSA) is 132 Å². The largest absolute Gasteiger partial charge is 0.383 e. The lowest BCUT2D eigenvalue weighted by molar-refractivity contribution is -0.126. The number of carbonyl (C=O) groups is 1. The van der Waals surface area contributed by atoms with E-state index < -0.39 is 0 Å². The molecule has 1 aliphatic rings. The van der Waals surface area contributed by atoms with E-state index in [4.69, 9.17) is 16.1 Å². The number of aromatic nitrogens is 6. The maximum absolute atomic E-state index is 12.5. The van der Waals surface area contributed by atoms with Gasteiger partial charge in [-0.15, -0.1) is 0 Å². The van der Waals surface area contributed by atoms with E-state index in [1.807, 2.05) is 25.1 Å². The molecular formula is C27H27N9O. The molecule has 0 radical (unpaired) electrons. The number of nitrogen functional groups attached to an aromatic ring is 1. The standard InChI is InChI=1S/C27H27N9O/c1-4-24(37)35-15-20(14-19(35)7-6-12-28)36-27-25(26(29)30-16-31-27)21(33-36)10-8-18-9-11-23-22(13-18)32-17(3)34(23)5-2/h4,9,11,13,16,19-20H,1,5-7,14-15H2,2-3H3,(H2,29,30,31)/t19-,20-/m0/s1. The van der Waals surface area contributed by atoms with Crippen molar-refractivity contribution in [3.63, 3.8) is 0 Å². The molecule has 1 aliphatic heterocycles. The highest BCUT2D eigenvalue weighted by atomic mass is 16.2. The maximum Gasteiger partial charge on any atom is 0.246 e. The Kier molecular flexibility index (Phi) is 6.33. The minimum atomic E-state index is -0.160. The van der Waals surface area contributed by atoms with Crippen LogP contribution in [0.3, 0.4) is 0 Å². The highest BCUT2D eigenvalue weighted by Gasteiger charge is 2.36. The van der Waals surface area contributed by atoms with Gasteiger partial charge in [-0.2, -0.15) is 10.4 Å². The number of imidazole rings is 1. The molecule has 1 fully saturated rings. The minimum absolute atomic E-state index is 0.0822. The number of anilines is 1. The summed E-state index contributed by atoms with van der Waals surface area (Å²) in [5, 5.41) is 14.4. The van der Waals surface area contributed by atoms with Crippen LogP contribution in [0.25, 0.3) is 22.1 Å². The lowest BCUT2D eigenvalue weighted by Crippen LogP contribution is -2.34. The molecule has 1 saturated heterocycles. The number of carbonyl (C=O) groups excluding carboxylic acids is 1. The third kappa shape index (κ3) is 4.27. The molecule has 0 bridgehead atoms. The van der Waals surface area contributed by atoms with Crippen LogP contribution in [0.1, 0.15) is 49.3 Å². The molecule has 2 atom stereocenters. The number of hydrogen-bond acceptors (Lipinski definition) is 7. The lowest BCUT2D eigenvalue weighted by Gasteiger charge is -2.22. The normalized spacial score (nSPS) is 17.1. The SMILES string of the molecule is C=CC(=O)N1C[C@@H](n2nc(C#Cc3ccc4c(c3)nc(C)n4CC)c3c(N)ncnc32)C[C@@H]1CCC#N. The van der Waals surface area contributed by atoms with Crippen molar-refractivity contribution in [2.75, 3.05) is 12.3 Å². The molecule has 0 aliphatic carbocycles. The molecular weight excluding hydrogens is 466 g/mol. The van der Waals surface area contributed by atoms with Gasteiger partial charge in [-0.1, -0.05) is 12.5 Å². The van der Waals surface area contributed by atoms with Gasteiger partial charge in [0.2, 0.25) is 5.91 Å². The molecule has 2 N–H and O–H groups in total. The minimum Gasteiger partial charge on any atom is -0.383 e. The molecule has 1 aromatic carbocycles. The van der Waals surface area contributed by atoms with Crippen molar-refractivity contribution in [2.24, 2.45) is 0 Å². The molecule has 0 saturated carbocycles. The van der Waals surface area contributed by atoms with Crippen LogP contribution in [0.4, 0.5) is 5.82 Å². The van der Waals surface area contributed by atoms with E-state index in [2.05, 4.69) is 50.9 Å². The molecule has 4 heterocycles. The number of hydrogen-bond donors (Lipinski definition) is 1. The fourth-order valence-electron chi connectivity index (χ4n) is 5.16. The van der Waals surface area contributed by atoms with Crippen LogP contribution in [-0.4, -0.2) is 52.7 Å². The Labute approximate surface area is 214 Å². The Balaban J connectivity index is 1.53. The van der Waals surface area contributed by atoms with E-state index in [1.165, 1.54) is 12.4 Å². The predicted molar refractivity (Wildman–Crippen MR) is 140 cm³/mol. The average Bonchev–Trinajstić information content (AvgIpc) is 3.58. The van der Waals surface area contributed by atoms with Gasteiger partial charge < -0.3 is 15.2 Å². The van der Waals surface area contributed by atoms with E-state index in [1.54, 1.807) is 9.58 Å². The van der Waals surface area contributed by atoms with Gasteiger partial charge in [0.25, 0.3) is 0 Å². The van der Waals surface area contributed by atoms with Crippen LogP contribution in [0, 0.1) is 30.1 Å². The zero-order valence-corrected chi connectivity index (χ0v) is 20.8. The Morgan fingerprint density at radius 3 is 2.92 bits per heavy atom. The summed E-state index contributed by atoms with van der Waals surface area (Å²) < 4.78 is 3.95. The van der Waals surface area contributed by atoms with E-state index in [9.17, 15) is 4.79 Å². The number of fused-ring (bicyclic) bond motifs is 2. The van der Waals surface area contributed by atoms with E-state index in [0.717, 1.165) is 29.0 Å². The second-order valence-corrected chi connectivity index (χ2v) is 9.04. The summed E-state index contributed by atoms with van der Waals surface area (Å²) in [7, 11) is 0. The first-order valence-electron chi connectivity index (χ1n) is 12.2. The van der Waals surface area contributed by atoms with Gasteiger partial charge in [0.1, 0.15) is 23.7 Å². The summed E-state index contributed by atoms with van der Waals surface area (Å²) in [6.07, 6.45) is 4.31. The molecule has 0 unspecified atom stereocenters. The molecule has 0 spiro atoms. The Hall–Kier alpha value is -4.70. The van der Waals surface area contributed by atoms with E-state index in [-0.39, 0.29) is 18.0 Å². The second-order valence-electron chi connectivity index (χ2n) is 9.04. The highest BCUT2D eigenvalue weighted by Crippen LogP contribution is 2.33. The van der Waals surface area contributed by atoms with Crippen molar-refractivity contribution in [1.82, 2.24) is 34.2 Å². The van der Waals surface area contributed by atoms with Gasteiger partial charge in [-0.25, -0.2) is 19.6 Å². The average molecular weight is 494 g/mol. The Bertz CT molecular complexity index is 1630. The third-order valence-electron chi connectivity index (χ3n) is 6.88. The van der Waals surface area contributed by atoms with Crippen LogP contribution < -0.4 is 5.73 Å². The zero-order chi connectivity index (χ0) is 26.1. The van der Waals surface area contributed by atoms with Gasteiger partial charge in [0.05, 0.1) is 28.5 Å². The molecule has 4 aromatic rings. The first-order chi connectivity index (χ1) is 17.9. The van der Waals surface area contributed by atoms with Gasteiger partial charge in [0.15, 0.2) is 5.65 Å². The molecule has 3 aromatic heterocycles. The number of rotatable bonds is 5.